The number of pyridine rings is 1. The van der Waals surface area contributed by atoms with Gasteiger partial charge in [0.2, 0.25) is 0 Å². The van der Waals surface area contributed by atoms with E-state index in [1.165, 1.54) is 49.9 Å². The number of allylic oxidation sites excluding steroid dienone is 1. The zero-order chi connectivity index (χ0) is 26.3. The van der Waals surface area contributed by atoms with Crippen LogP contribution < -0.4 is 0 Å². The number of aromatic nitrogens is 3. The number of alkyl halides is 3. The average molecular weight is 549 g/mol. The van der Waals surface area contributed by atoms with E-state index in [9.17, 15) is 26.0 Å². The second-order valence-electron chi connectivity index (χ2n) is 7.38. The van der Waals surface area contributed by atoms with Crippen molar-refractivity contribution in [1.82, 2.24) is 14.5 Å². The first-order valence-electron chi connectivity index (χ1n) is 9.88. The van der Waals surface area contributed by atoms with Gasteiger partial charge in [0.25, 0.3) is 0 Å². The zero-order valence-corrected chi connectivity index (χ0v) is 20.9. The van der Waals surface area contributed by atoms with E-state index in [0.717, 1.165) is 6.08 Å². The van der Waals surface area contributed by atoms with Gasteiger partial charge in [-0.05, 0) is 43.5 Å². The van der Waals surface area contributed by atoms with Crippen LogP contribution in [0.15, 0.2) is 40.0 Å². The summed E-state index contributed by atoms with van der Waals surface area (Å²) < 4.78 is 80.6. The molecule has 1 aromatic carbocycles. The van der Waals surface area contributed by atoms with Crippen LogP contribution in [0, 0.1) is 12.7 Å². The van der Waals surface area contributed by atoms with Gasteiger partial charge in [-0.1, -0.05) is 30.1 Å². The van der Waals surface area contributed by atoms with Gasteiger partial charge in [-0.25, -0.2) is 17.8 Å². The summed E-state index contributed by atoms with van der Waals surface area (Å²) in [5, 5.41) is -0.521. The van der Waals surface area contributed by atoms with E-state index in [-0.39, 0.29) is 43.5 Å². The first-order valence-corrected chi connectivity index (χ1v) is 12.3. The topological polar surface area (TPSA) is 77.2 Å². The minimum absolute atomic E-state index is 0.0214. The molecule has 186 valence electrons. The molecule has 0 radical (unpaired) electrons. The maximum atomic E-state index is 13.8. The number of hydrogen-bond acceptors (Lipinski definition) is 5. The summed E-state index contributed by atoms with van der Waals surface area (Å²) >= 11 is 11.7. The zero-order valence-electron chi connectivity index (χ0n) is 18.6. The van der Waals surface area contributed by atoms with Crippen LogP contribution >= 0.6 is 23.2 Å². The molecule has 13 heteroatoms. The van der Waals surface area contributed by atoms with E-state index in [2.05, 4.69) is 21.7 Å². The number of rotatable bonds is 6. The highest BCUT2D eigenvalue weighted by atomic mass is 35.5. The third-order valence-electron chi connectivity index (χ3n) is 5.25. The molecule has 0 aliphatic heterocycles. The van der Waals surface area contributed by atoms with Crippen LogP contribution in [0.2, 0.25) is 10.0 Å². The predicted octanol–water partition coefficient (Wildman–Crippen LogP) is 6.30. The van der Waals surface area contributed by atoms with Crippen LogP contribution in [-0.4, -0.2) is 41.6 Å². The Morgan fingerprint density at radius 3 is 2.31 bits per heavy atom. The molecule has 0 unspecified atom stereocenters. The smallest absolute Gasteiger partial charge is 0.329 e. The number of benzene rings is 1. The Labute approximate surface area is 208 Å². The first kappa shape index (κ1) is 26.8. The van der Waals surface area contributed by atoms with Gasteiger partial charge in [-0.2, -0.15) is 13.2 Å². The molecule has 3 aromatic rings. The Balaban J connectivity index is 2.27. The Hall–Kier alpha value is -2.76. The minimum atomic E-state index is -4.75. The summed E-state index contributed by atoms with van der Waals surface area (Å²) in [6.07, 6.45) is -2.72. The van der Waals surface area contributed by atoms with E-state index in [1.54, 1.807) is 0 Å². The van der Waals surface area contributed by atoms with Crippen molar-refractivity contribution in [3.8, 4) is 22.6 Å². The molecule has 0 amide bonds. The SMILES string of the molecule is C=N/C(=C\c1nc(-c2ncc(-c3cc(Cl)c(F)c(Cl)c3)cc2S(=O)(=O)CC)n(C)c1C)C(F)(F)F. The quantitative estimate of drug-likeness (QED) is 0.206. The van der Waals surface area contributed by atoms with Crippen molar-refractivity contribution in [1.29, 1.82) is 0 Å². The van der Waals surface area contributed by atoms with Crippen molar-refractivity contribution in [2.45, 2.75) is 24.9 Å². The third-order valence-corrected chi connectivity index (χ3v) is 7.54. The molecule has 0 aliphatic rings. The highest BCUT2D eigenvalue weighted by Crippen LogP contribution is 2.35. The lowest BCUT2D eigenvalue weighted by atomic mass is 10.1. The Kier molecular flexibility index (Phi) is 7.45. The number of halogens is 6. The molecule has 35 heavy (non-hydrogen) atoms. The fraction of sp³-hybridized carbons (Fsp3) is 0.227. The van der Waals surface area contributed by atoms with Gasteiger partial charge in [0.1, 0.15) is 11.4 Å². The van der Waals surface area contributed by atoms with Gasteiger partial charge in [-0.3, -0.25) is 9.98 Å². The third kappa shape index (κ3) is 5.26. The minimum Gasteiger partial charge on any atom is -0.329 e. The van der Waals surface area contributed by atoms with Gasteiger partial charge < -0.3 is 4.57 Å². The Morgan fingerprint density at radius 1 is 1.20 bits per heavy atom. The van der Waals surface area contributed by atoms with Crippen molar-refractivity contribution in [2.75, 3.05) is 5.75 Å². The van der Waals surface area contributed by atoms with Crippen LogP contribution in [-0.2, 0) is 16.9 Å². The van der Waals surface area contributed by atoms with Gasteiger partial charge in [0.05, 0.1) is 26.4 Å². The van der Waals surface area contributed by atoms with Gasteiger partial charge in [-0.15, -0.1) is 0 Å². The summed E-state index contributed by atoms with van der Waals surface area (Å²) in [6, 6.07) is 3.86. The van der Waals surface area contributed by atoms with Crippen LogP contribution in [0.1, 0.15) is 18.3 Å². The molecule has 0 saturated carbocycles. The lowest BCUT2D eigenvalue weighted by molar-refractivity contribution is -0.0912. The first-order chi connectivity index (χ1) is 16.2. The summed E-state index contributed by atoms with van der Waals surface area (Å²) in [5.41, 5.74) is -0.482. The van der Waals surface area contributed by atoms with Crippen molar-refractivity contribution >= 4 is 45.8 Å². The molecule has 0 bridgehead atoms. The highest BCUT2D eigenvalue weighted by Gasteiger charge is 2.34. The second kappa shape index (κ2) is 9.71. The van der Waals surface area contributed by atoms with E-state index >= 15 is 0 Å². The number of aliphatic imine (C=N–C) groups is 1. The summed E-state index contributed by atoms with van der Waals surface area (Å²) in [5.74, 6) is -1.09. The monoisotopic (exact) mass is 548 g/mol. The van der Waals surface area contributed by atoms with Gasteiger partial charge in [0, 0.05) is 24.5 Å². The Morgan fingerprint density at radius 2 is 1.80 bits per heavy atom. The fourth-order valence-electron chi connectivity index (χ4n) is 3.18. The molecule has 0 fully saturated rings. The maximum Gasteiger partial charge on any atom is 0.433 e. The molecule has 3 rings (SSSR count). The fourth-order valence-corrected chi connectivity index (χ4v) is 4.72. The predicted molar refractivity (Wildman–Crippen MR) is 128 cm³/mol. The van der Waals surface area contributed by atoms with Gasteiger partial charge >= 0.3 is 6.18 Å². The highest BCUT2D eigenvalue weighted by molar-refractivity contribution is 7.91. The number of imidazole rings is 1. The van der Waals surface area contributed by atoms with Crippen molar-refractivity contribution in [3.05, 3.63) is 57.3 Å². The lowest BCUT2D eigenvalue weighted by Crippen LogP contribution is -2.09. The largest absolute Gasteiger partial charge is 0.433 e. The molecular formula is C22H18Cl2F4N4O2S. The van der Waals surface area contributed by atoms with Crippen LogP contribution in [0.3, 0.4) is 0 Å². The molecular weight excluding hydrogens is 531 g/mol. The van der Waals surface area contributed by atoms with Crippen LogP contribution in [0.5, 0.6) is 0 Å². The van der Waals surface area contributed by atoms with Crippen molar-refractivity contribution in [2.24, 2.45) is 12.0 Å². The van der Waals surface area contributed by atoms with E-state index in [1.807, 2.05) is 0 Å². The summed E-state index contributed by atoms with van der Waals surface area (Å²) in [7, 11) is -2.37. The standard InChI is InChI=1S/C22H18Cl2F4N4O2S/c1-5-35(33,34)17-8-13(12-6-14(23)19(25)15(24)7-12)10-30-20(17)21-31-16(11(2)32(21)4)9-18(29-3)22(26,27)28/h6-10H,3,5H2,1-2,4H3/b18-9-. The summed E-state index contributed by atoms with van der Waals surface area (Å²) in [6.45, 7) is 5.90. The molecule has 0 atom stereocenters. The van der Waals surface area contributed by atoms with Crippen LogP contribution in [0.25, 0.3) is 28.7 Å². The van der Waals surface area contributed by atoms with Crippen molar-refractivity contribution in [3.63, 3.8) is 0 Å². The lowest BCUT2D eigenvalue weighted by Gasteiger charge is -2.12. The summed E-state index contributed by atoms with van der Waals surface area (Å²) in [4.78, 5) is 11.3. The average Bonchev–Trinajstić information content (AvgIpc) is 3.07. The second-order valence-corrected chi connectivity index (χ2v) is 10.4. The van der Waals surface area contributed by atoms with E-state index in [4.69, 9.17) is 23.2 Å². The van der Waals surface area contributed by atoms with E-state index in [0.29, 0.717) is 11.3 Å². The van der Waals surface area contributed by atoms with E-state index < -0.39 is 27.5 Å². The normalized spacial score (nSPS) is 12.8. The number of hydrogen-bond donors (Lipinski definition) is 0. The molecule has 0 saturated heterocycles. The molecule has 0 spiro atoms. The maximum absolute atomic E-state index is 13.8. The van der Waals surface area contributed by atoms with Crippen molar-refractivity contribution < 1.29 is 26.0 Å². The van der Waals surface area contributed by atoms with Gasteiger partial charge in [0.15, 0.2) is 21.5 Å². The van der Waals surface area contributed by atoms with Crippen LogP contribution in [0.4, 0.5) is 17.6 Å². The molecule has 0 aliphatic carbocycles. The molecule has 6 nitrogen and oxygen atoms in total. The molecule has 2 aromatic heterocycles. The molecule has 0 N–H and O–H groups in total. The molecule has 2 heterocycles. The number of sulfone groups is 1. The number of nitrogens with zero attached hydrogens (tertiary/aromatic N) is 4. The Bertz CT molecular complexity index is 1440.